The third-order valence-electron chi connectivity index (χ3n) is 4.30. The maximum Gasteiger partial charge on any atom is -0.0357 e. The van der Waals surface area contributed by atoms with Crippen LogP contribution in [0.1, 0.15) is 57.8 Å². The molecule has 0 amide bonds. The van der Waals surface area contributed by atoms with E-state index in [1.54, 1.807) is 0 Å². The Morgan fingerprint density at radius 1 is 0.923 bits per heavy atom. The van der Waals surface area contributed by atoms with E-state index >= 15 is 0 Å². The molecule has 0 bridgehead atoms. The number of rotatable bonds is 2. The number of hydrogen-bond acceptors (Lipinski definition) is 0. The zero-order valence-corrected chi connectivity index (χ0v) is 8.80. The van der Waals surface area contributed by atoms with Crippen molar-refractivity contribution in [3.05, 3.63) is 6.92 Å². The SMILES string of the molecule is [CH2]CCC1CCCC2CCCCC12. The van der Waals surface area contributed by atoms with Crippen molar-refractivity contribution in [2.75, 3.05) is 0 Å². The summed E-state index contributed by atoms with van der Waals surface area (Å²) in [5, 5.41) is 0. The summed E-state index contributed by atoms with van der Waals surface area (Å²) in [6.45, 7) is 4.02. The van der Waals surface area contributed by atoms with E-state index in [-0.39, 0.29) is 0 Å². The minimum atomic E-state index is 1.05. The van der Waals surface area contributed by atoms with E-state index < -0.39 is 0 Å². The molecule has 2 aliphatic carbocycles. The van der Waals surface area contributed by atoms with Crippen LogP contribution in [0.4, 0.5) is 0 Å². The summed E-state index contributed by atoms with van der Waals surface area (Å²) in [6, 6.07) is 0. The Morgan fingerprint density at radius 3 is 2.54 bits per heavy atom. The molecule has 3 unspecified atom stereocenters. The van der Waals surface area contributed by atoms with Gasteiger partial charge in [-0.1, -0.05) is 58.3 Å². The van der Waals surface area contributed by atoms with Gasteiger partial charge in [0.15, 0.2) is 0 Å². The average molecular weight is 179 g/mol. The van der Waals surface area contributed by atoms with Crippen molar-refractivity contribution in [3.63, 3.8) is 0 Å². The van der Waals surface area contributed by atoms with Gasteiger partial charge in [0.05, 0.1) is 0 Å². The molecule has 2 aliphatic rings. The van der Waals surface area contributed by atoms with Crippen molar-refractivity contribution in [1.82, 2.24) is 0 Å². The second-order valence-electron chi connectivity index (χ2n) is 5.04. The Hall–Kier alpha value is 0. The first kappa shape index (κ1) is 9.55. The van der Waals surface area contributed by atoms with Crippen LogP contribution in [0.2, 0.25) is 0 Å². The summed E-state index contributed by atoms with van der Waals surface area (Å²) in [5.74, 6) is 3.26. The second-order valence-corrected chi connectivity index (χ2v) is 5.04. The standard InChI is InChI=1S/C13H23/c1-2-6-11-8-5-9-12-7-3-4-10-13(11)12/h11-13H,1-10H2. The molecule has 0 heterocycles. The normalized spacial score (nSPS) is 39.9. The maximum atomic E-state index is 4.02. The molecule has 13 heavy (non-hydrogen) atoms. The summed E-state index contributed by atoms with van der Waals surface area (Å²) in [4.78, 5) is 0. The molecule has 2 fully saturated rings. The van der Waals surface area contributed by atoms with Gasteiger partial charge in [-0.05, 0) is 24.2 Å². The molecule has 0 heteroatoms. The highest BCUT2D eigenvalue weighted by Gasteiger charge is 2.33. The van der Waals surface area contributed by atoms with Crippen molar-refractivity contribution in [2.24, 2.45) is 17.8 Å². The highest BCUT2D eigenvalue weighted by atomic mass is 14.4. The van der Waals surface area contributed by atoms with Crippen LogP contribution in [-0.2, 0) is 0 Å². The zero-order valence-electron chi connectivity index (χ0n) is 8.80. The van der Waals surface area contributed by atoms with Crippen molar-refractivity contribution in [1.29, 1.82) is 0 Å². The first-order valence-electron chi connectivity index (χ1n) is 6.21. The Balaban J connectivity index is 1.94. The Labute approximate surface area is 83.1 Å². The topological polar surface area (TPSA) is 0 Å². The first-order chi connectivity index (χ1) is 6.42. The minimum absolute atomic E-state index is 1.05. The monoisotopic (exact) mass is 179 g/mol. The van der Waals surface area contributed by atoms with Crippen molar-refractivity contribution >= 4 is 0 Å². The fourth-order valence-corrected chi connectivity index (χ4v) is 3.69. The molecule has 0 nitrogen and oxygen atoms in total. The van der Waals surface area contributed by atoms with Crippen LogP contribution in [0.3, 0.4) is 0 Å². The maximum absolute atomic E-state index is 4.02. The smallest absolute Gasteiger partial charge is 0.0357 e. The van der Waals surface area contributed by atoms with Crippen molar-refractivity contribution in [3.8, 4) is 0 Å². The summed E-state index contributed by atoms with van der Waals surface area (Å²) < 4.78 is 0. The average Bonchev–Trinajstić information content (AvgIpc) is 2.19. The molecular weight excluding hydrogens is 156 g/mol. The van der Waals surface area contributed by atoms with Crippen LogP contribution < -0.4 is 0 Å². The van der Waals surface area contributed by atoms with Gasteiger partial charge in [-0.2, -0.15) is 0 Å². The fraction of sp³-hybridized carbons (Fsp3) is 0.923. The summed E-state index contributed by atoms with van der Waals surface area (Å²) in [5.41, 5.74) is 0. The summed E-state index contributed by atoms with van der Waals surface area (Å²) >= 11 is 0. The molecule has 0 aromatic heterocycles. The molecule has 2 saturated carbocycles. The van der Waals surface area contributed by atoms with Gasteiger partial charge in [-0.3, -0.25) is 0 Å². The number of fused-ring (bicyclic) bond motifs is 1. The molecule has 0 N–H and O–H groups in total. The third kappa shape index (κ3) is 2.08. The lowest BCUT2D eigenvalue weighted by Crippen LogP contribution is -2.30. The van der Waals surface area contributed by atoms with Gasteiger partial charge in [0.1, 0.15) is 0 Å². The van der Waals surface area contributed by atoms with E-state index in [0.29, 0.717) is 0 Å². The minimum Gasteiger partial charge on any atom is -0.0533 e. The molecule has 0 aliphatic heterocycles. The predicted octanol–water partition coefficient (Wildman–Crippen LogP) is 4.21. The third-order valence-corrected chi connectivity index (χ3v) is 4.30. The number of hydrogen-bond donors (Lipinski definition) is 0. The van der Waals surface area contributed by atoms with Gasteiger partial charge in [-0.15, -0.1) is 0 Å². The first-order valence-corrected chi connectivity index (χ1v) is 6.21. The zero-order chi connectivity index (χ0) is 9.10. The molecule has 0 aromatic rings. The Bertz CT molecular complexity index is 146. The quantitative estimate of drug-likeness (QED) is 0.595. The lowest BCUT2D eigenvalue weighted by Gasteiger charge is -2.41. The van der Waals surface area contributed by atoms with Crippen molar-refractivity contribution < 1.29 is 0 Å². The van der Waals surface area contributed by atoms with Crippen molar-refractivity contribution in [2.45, 2.75) is 57.8 Å². The lowest BCUT2D eigenvalue weighted by molar-refractivity contribution is 0.0985. The lowest BCUT2D eigenvalue weighted by atomic mass is 9.64. The summed E-state index contributed by atoms with van der Waals surface area (Å²) in [7, 11) is 0. The summed E-state index contributed by atoms with van der Waals surface area (Å²) in [6.07, 6.45) is 13.2. The largest absolute Gasteiger partial charge is 0.0533 e. The molecule has 0 aromatic carbocycles. The molecule has 2 rings (SSSR count). The van der Waals surface area contributed by atoms with E-state index in [1.807, 2.05) is 0 Å². The van der Waals surface area contributed by atoms with Crippen LogP contribution in [0, 0.1) is 24.7 Å². The van der Waals surface area contributed by atoms with Gasteiger partial charge in [-0.25, -0.2) is 0 Å². The van der Waals surface area contributed by atoms with Crippen LogP contribution in [0.5, 0.6) is 0 Å². The predicted molar refractivity (Wildman–Crippen MR) is 57.4 cm³/mol. The highest BCUT2D eigenvalue weighted by Crippen LogP contribution is 2.45. The molecule has 75 valence electrons. The van der Waals surface area contributed by atoms with Crippen LogP contribution in [-0.4, -0.2) is 0 Å². The van der Waals surface area contributed by atoms with E-state index in [9.17, 15) is 0 Å². The van der Waals surface area contributed by atoms with E-state index in [2.05, 4.69) is 6.92 Å². The van der Waals surface area contributed by atoms with Crippen LogP contribution in [0.25, 0.3) is 0 Å². The van der Waals surface area contributed by atoms with Gasteiger partial charge in [0, 0.05) is 0 Å². The molecule has 3 atom stereocenters. The Kier molecular flexibility index (Phi) is 3.29. The highest BCUT2D eigenvalue weighted by molar-refractivity contribution is 4.85. The molecular formula is C13H23. The molecule has 0 saturated heterocycles. The molecule has 0 spiro atoms. The van der Waals surface area contributed by atoms with E-state index in [0.717, 1.165) is 24.2 Å². The van der Waals surface area contributed by atoms with Gasteiger partial charge in [0.2, 0.25) is 0 Å². The van der Waals surface area contributed by atoms with E-state index in [1.165, 1.54) is 51.4 Å². The van der Waals surface area contributed by atoms with Gasteiger partial charge >= 0.3 is 0 Å². The molecule has 1 radical (unpaired) electrons. The second kappa shape index (κ2) is 4.48. The van der Waals surface area contributed by atoms with E-state index in [4.69, 9.17) is 0 Å². The Morgan fingerprint density at radius 2 is 1.69 bits per heavy atom. The van der Waals surface area contributed by atoms with Gasteiger partial charge < -0.3 is 0 Å². The van der Waals surface area contributed by atoms with Crippen LogP contribution in [0.15, 0.2) is 0 Å². The fourth-order valence-electron chi connectivity index (χ4n) is 3.69. The van der Waals surface area contributed by atoms with Crippen LogP contribution >= 0.6 is 0 Å². The van der Waals surface area contributed by atoms with Gasteiger partial charge in [0.25, 0.3) is 0 Å².